The van der Waals surface area contributed by atoms with Crippen molar-refractivity contribution in [3.05, 3.63) is 60.3 Å². The first-order valence-electron chi connectivity index (χ1n) is 8.91. The Labute approximate surface area is 152 Å². The predicted octanol–water partition coefficient (Wildman–Crippen LogP) is 2.88. The number of aromatic amines is 1. The fourth-order valence-corrected chi connectivity index (χ4v) is 3.59. The number of carbonyl (C=O) groups is 1. The number of H-pyrrole nitrogens is 1. The first-order chi connectivity index (χ1) is 12.7. The Morgan fingerprint density at radius 2 is 2.19 bits per heavy atom. The average molecular weight is 350 g/mol. The van der Waals surface area contributed by atoms with Crippen LogP contribution >= 0.6 is 0 Å². The van der Waals surface area contributed by atoms with Crippen molar-refractivity contribution in [3.63, 3.8) is 0 Å². The Morgan fingerprint density at radius 3 is 3.00 bits per heavy atom. The summed E-state index contributed by atoms with van der Waals surface area (Å²) in [5.74, 6) is 0.933. The van der Waals surface area contributed by atoms with Gasteiger partial charge in [-0.3, -0.25) is 9.78 Å². The van der Waals surface area contributed by atoms with Crippen molar-refractivity contribution in [3.8, 4) is 0 Å². The highest BCUT2D eigenvalue weighted by molar-refractivity contribution is 5.79. The van der Waals surface area contributed by atoms with E-state index in [1.54, 1.807) is 19.5 Å². The lowest BCUT2D eigenvalue weighted by Crippen LogP contribution is -2.32. The van der Waals surface area contributed by atoms with Crippen molar-refractivity contribution >= 4 is 16.8 Å². The molecule has 0 aliphatic carbocycles. The van der Waals surface area contributed by atoms with E-state index in [4.69, 9.17) is 4.74 Å². The number of nitrogens with one attached hydrogen (secondary N) is 1. The summed E-state index contributed by atoms with van der Waals surface area (Å²) >= 11 is 0. The number of carbonyl (C=O) groups excluding carboxylic acids is 1. The quantitative estimate of drug-likeness (QED) is 0.768. The maximum Gasteiger partial charge on any atom is 0.223 e. The van der Waals surface area contributed by atoms with E-state index >= 15 is 0 Å². The third kappa shape index (κ3) is 3.32. The molecule has 0 saturated carbocycles. The number of methoxy groups -OCH3 is 1. The molecule has 26 heavy (non-hydrogen) atoms. The molecule has 1 aliphatic rings. The van der Waals surface area contributed by atoms with Gasteiger partial charge >= 0.3 is 0 Å². The zero-order valence-electron chi connectivity index (χ0n) is 14.8. The van der Waals surface area contributed by atoms with Crippen molar-refractivity contribution in [1.82, 2.24) is 19.9 Å². The highest BCUT2D eigenvalue weighted by Gasteiger charge is 2.37. The van der Waals surface area contributed by atoms with Crippen LogP contribution in [0.25, 0.3) is 10.9 Å². The summed E-state index contributed by atoms with van der Waals surface area (Å²) in [6.07, 6.45) is 5.38. The summed E-state index contributed by atoms with van der Waals surface area (Å²) in [7, 11) is 1.69. The van der Waals surface area contributed by atoms with Gasteiger partial charge in [0.25, 0.3) is 0 Å². The summed E-state index contributed by atoms with van der Waals surface area (Å²) in [6, 6.07) is 12.0. The molecule has 4 rings (SSSR count). The van der Waals surface area contributed by atoms with E-state index in [2.05, 4.69) is 21.0 Å². The molecule has 1 unspecified atom stereocenters. The van der Waals surface area contributed by atoms with Gasteiger partial charge in [0, 0.05) is 50.0 Å². The normalized spacial score (nSPS) is 20.0. The van der Waals surface area contributed by atoms with Crippen LogP contribution in [0.3, 0.4) is 0 Å². The smallest absolute Gasteiger partial charge is 0.223 e. The second-order valence-corrected chi connectivity index (χ2v) is 6.63. The summed E-state index contributed by atoms with van der Waals surface area (Å²) < 4.78 is 5.48. The molecule has 1 fully saturated rings. The van der Waals surface area contributed by atoms with E-state index in [1.165, 1.54) is 0 Å². The van der Waals surface area contributed by atoms with Crippen molar-refractivity contribution < 1.29 is 9.53 Å². The van der Waals surface area contributed by atoms with Gasteiger partial charge in [-0.05, 0) is 18.6 Å². The van der Waals surface area contributed by atoms with Crippen molar-refractivity contribution in [1.29, 1.82) is 0 Å². The highest BCUT2D eigenvalue weighted by Crippen LogP contribution is 2.32. The number of likely N-dealkylation sites (tertiary alicyclic amines) is 1. The van der Waals surface area contributed by atoms with Gasteiger partial charge in [0.05, 0.1) is 17.7 Å². The van der Waals surface area contributed by atoms with E-state index in [1.807, 2.05) is 35.2 Å². The standard InChI is InChI=1S/C20H22N4O2/c1-26-16-12-18(20-21-10-11-22-20)24(13-16)19(25)9-8-15-7-6-14-4-2-3-5-17(14)23-15/h2-7,10-11,16,18H,8-9,12-13H2,1H3,(H,21,22)/t16-,18?/m1/s1. The van der Waals surface area contributed by atoms with Crippen LogP contribution in [-0.2, 0) is 16.0 Å². The van der Waals surface area contributed by atoms with Crippen LogP contribution in [0.15, 0.2) is 48.8 Å². The SMILES string of the molecule is CO[C@@H]1CC(c2ncc[nH]2)N(C(=O)CCc2ccc3ccccc3n2)C1. The molecule has 6 heteroatoms. The first-order valence-corrected chi connectivity index (χ1v) is 8.91. The van der Waals surface area contributed by atoms with Crippen LogP contribution in [0.2, 0.25) is 0 Å². The number of hydrogen-bond acceptors (Lipinski definition) is 4. The Hall–Kier alpha value is -2.73. The molecule has 0 spiro atoms. The number of para-hydroxylation sites is 1. The van der Waals surface area contributed by atoms with E-state index in [9.17, 15) is 4.79 Å². The summed E-state index contributed by atoms with van der Waals surface area (Å²) in [5.41, 5.74) is 1.90. The van der Waals surface area contributed by atoms with Gasteiger partial charge in [-0.15, -0.1) is 0 Å². The second-order valence-electron chi connectivity index (χ2n) is 6.63. The molecule has 3 aromatic rings. The first kappa shape index (κ1) is 16.7. The molecule has 1 N–H and O–H groups in total. The van der Waals surface area contributed by atoms with Gasteiger partial charge in [-0.2, -0.15) is 0 Å². The number of nitrogens with zero attached hydrogens (tertiary/aromatic N) is 3. The third-order valence-corrected chi connectivity index (χ3v) is 5.00. The summed E-state index contributed by atoms with van der Waals surface area (Å²) in [4.78, 5) is 26.9. The Kier molecular flexibility index (Phi) is 4.67. The van der Waals surface area contributed by atoms with Gasteiger partial charge in [-0.25, -0.2) is 4.98 Å². The Bertz CT molecular complexity index is 894. The zero-order valence-corrected chi connectivity index (χ0v) is 14.8. The molecule has 1 amide bonds. The van der Waals surface area contributed by atoms with Gasteiger partial charge < -0.3 is 14.6 Å². The average Bonchev–Trinajstić information content (AvgIpc) is 3.35. The maximum atomic E-state index is 12.9. The molecule has 3 heterocycles. The number of ether oxygens (including phenoxy) is 1. The van der Waals surface area contributed by atoms with Gasteiger partial charge in [0.15, 0.2) is 0 Å². The van der Waals surface area contributed by atoms with Crippen LogP contribution in [0, 0.1) is 0 Å². The predicted molar refractivity (Wildman–Crippen MR) is 98.5 cm³/mol. The Balaban J connectivity index is 1.45. The maximum absolute atomic E-state index is 12.9. The lowest BCUT2D eigenvalue weighted by atomic mass is 10.1. The molecule has 6 nitrogen and oxygen atoms in total. The molecule has 0 bridgehead atoms. The minimum Gasteiger partial charge on any atom is -0.380 e. The number of rotatable bonds is 5. The molecule has 0 radical (unpaired) electrons. The number of fused-ring (bicyclic) bond motifs is 1. The van der Waals surface area contributed by atoms with Crippen LogP contribution < -0.4 is 0 Å². The molecule has 2 atom stereocenters. The Morgan fingerprint density at radius 1 is 1.31 bits per heavy atom. The molecule has 2 aromatic heterocycles. The number of pyridine rings is 1. The number of imidazole rings is 1. The second kappa shape index (κ2) is 7.25. The molecule has 1 aromatic carbocycles. The molecule has 1 saturated heterocycles. The zero-order chi connectivity index (χ0) is 17.9. The largest absolute Gasteiger partial charge is 0.380 e. The van der Waals surface area contributed by atoms with Crippen LogP contribution in [-0.4, -0.2) is 45.5 Å². The monoisotopic (exact) mass is 350 g/mol. The lowest BCUT2D eigenvalue weighted by Gasteiger charge is -2.23. The van der Waals surface area contributed by atoms with Crippen molar-refractivity contribution in [2.75, 3.05) is 13.7 Å². The van der Waals surface area contributed by atoms with E-state index < -0.39 is 0 Å². The van der Waals surface area contributed by atoms with Crippen LogP contribution in [0.1, 0.15) is 30.4 Å². The van der Waals surface area contributed by atoms with E-state index in [0.717, 1.165) is 28.8 Å². The van der Waals surface area contributed by atoms with Crippen molar-refractivity contribution in [2.24, 2.45) is 0 Å². The minimum atomic E-state index is -0.0491. The third-order valence-electron chi connectivity index (χ3n) is 5.00. The van der Waals surface area contributed by atoms with Gasteiger partial charge in [-0.1, -0.05) is 24.3 Å². The van der Waals surface area contributed by atoms with Crippen LogP contribution in [0.5, 0.6) is 0 Å². The van der Waals surface area contributed by atoms with Crippen molar-refractivity contribution in [2.45, 2.75) is 31.4 Å². The van der Waals surface area contributed by atoms with Crippen LogP contribution in [0.4, 0.5) is 0 Å². The highest BCUT2D eigenvalue weighted by atomic mass is 16.5. The van der Waals surface area contributed by atoms with E-state index in [-0.39, 0.29) is 18.1 Å². The van der Waals surface area contributed by atoms with Gasteiger partial charge in [0.1, 0.15) is 5.82 Å². The summed E-state index contributed by atoms with van der Waals surface area (Å²) in [6.45, 7) is 0.603. The number of aryl methyl sites for hydroxylation is 1. The number of aromatic nitrogens is 3. The minimum absolute atomic E-state index is 0.0489. The molecule has 1 aliphatic heterocycles. The number of hydrogen-bond donors (Lipinski definition) is 1. The fraction of sp³-hybridized carbons (Fsp3) is 0.350. The topological polar surface area (TPSA) is 71.1 Å². The van der Waals surface area contributed by atoms with Gasteiger partial charge in [0.2, 0.25) is 5.91 Å². The molecule has 134 valence electrons. The summed E-state index contributed by atoms with van der Waals surface area (Å²) in [5, 5.41) is 1.11. The number of benzene rings is 1. The number of amides is 1. The molecular weight excluding hydrogens is 328 g/mol. The van der Waals surface area contributed by atoms with E-state index in [0.29, 0.717) is 19.4 Å². The molecular formula is C20H22N4O2. The fourth-order valence-electron chi connectivity index (χ4n) is 3.59. The lowest BCUT2D eigenvalue weighted by molar-refractivity contribution is -0.132.